The van der Waals surface area contributed by atoms with E-state index in [1.807, 2.05) is 61.5 Å². The molecule has 21 heavy (non-hydrogen) atoms. The van der Waals surface area contributed by atoms with Crippen molar-refractivity contribution in [2.24, 2.45) is 5.92 Å². The maximum absolute atomic E-state index is 12.2. The minimum absolute atomic E-state index is 0.0120. The van der Waals surface area contributed by atoms with Crippen molar-refractivity contribution in [2.75, 3.05) is 5.32 Å². The van der Waals surface area contributed by atoms with E-state index in [-0.39, 0.29) is 11.8 Å². The fourth-order valence-electron chi connectivity index (χ4n) is 2.21. The monoisotopic (exact) mass is 296 g/mol. The first kappa shape index (κ1) is 13.8. The third-order valence-electron chi connectivity index (χ3n) is 3.36. The Morgan fingerprint density at radius 3 is 2.62 bits per heavy atom. The maximum atomic E-state index is 12.2. The molecule has 1 atom stereocenters. The Morgan fingerprint density at radius 1 is 1.14 bits per heavy atom. The number of nitrogens with zero attached hydrogens (tertiary/aromatic N) is 1. The summed E-state index contributed by atoms with van der Waals surface area (Å²) in [5.74, 6) is -0.0719. The molecular weight excluding hydrogens is 280 g/mol. The Labute approximate surface area is 127 Å². The van der Waals surface area contributed by atoms with Crippen LogP contribution in [0.25, 0.3) is 10.2 Å². The number of carbonyl (C=O) groups excluding carboxylic acids is 1. The summed E-state index contributed by atoms with van der Waals surface area (Å²) < 4.78 is 1.09. The Morgan fingerprint density at radius 2 is 1.86 bits per heavy atom. The fraction of sp³-hybridized carbons (Fsp3) is 0.176. The molecule has 4 heteroatoms. The zero-order chi connectivity index (χ0) is 14.7. The molecular formula is C17H16N2OS. The fourth-order valence-corrected chi connectivity index (χ4v) is 3.08. The lowest BCUT2D eigenvalue weighted by Crippen LogP contribution is -2.22. The first-order valence-electron chi connectivity index (χ1n) is 6.93. The van der Waals surface area contributed by atoms with Crippen molar-refractivity contribution in [3.05, 3.63) is 60.2 Å². The lowest BCUT2D eigenvalue weighted by Gasteiger charge is -2.10. The first-order chi connectivity index (χ1) is 10.2. The molecule has 2 aromatic carbocycles. The first-order valence-corrected chi connectivity index (χ1v) is 7.74. The lowest BCUT2D eigenvalue weighted by molar-refractivity contribution is -0.119. The molecule has 0 fully saturated rings. The summed E-state index contributed by atoms with van der Waals surface area (Å²) in [6.07, 6.45) is 0.734. The Bertz CT molecular complexity index is 719. The van der Waals surface area contributed by atoms with Crippen molar-refractivity contribution >= 4 is 32.6 Å². The summed E-state index contributed by atoms with van der Waals surface area (Å²) in [7, 11) is 0. The lowest BCUT2D eigenvalue weighted by atomic mass is 10.0. The normalized spacial score (nSPS) is 12.2. The summed E-state index contributed by atoms with van der Waals surface area (Å²) in [5.41, 5.74) is 2.10. The highest BCUT2D eigenvalue weighted by Gasteiger charge is 2.15. The summed E-state index contributed by atoms with van der Waals surface area (Å²) in [4.78, 5) is 16.7. The second-order valence-electron chi connectivity index (χ2n) is 5.07. The van der Waals surface area contributed by atoms with Gasteiger partial charge in [0.25, 0.3) is 0 Å². The van der Waals surface area contributed by atoms with Crippen LogP contribution in [0.1, 0.15) is 12.5 Å². The summed E-state index contributed by atoms with van der Waals surface area (Å²) in [6.45, 7) is 1.94. The van der Waals surface area contributed by atoms with E-state index in [1.54, 1.807) is 0 Å². The third-order valence-corrected chi connectivity index (χ3v) is 4.31. The SMILES string of the molecule is C[C@@H](Cc1ccccc1)C(=O)Nc1nc2ccccc2s1. The Balaban J connectivity index is 1.68. The van der Waals surface area contributed by atoms with Crippen molar-refractivity contribution in [3.63, 3.8) is 0 Å². The van der Waals surface area contributed by atoms with E-state index in [1.165, 1.54) is 16.9 Å². The minimum atomic E-state index is -0.0839. The molecule has 106 valence electrons. The van der Waals surface area contributed by atoms with Crippen LogP contribution in [-0.2, 0) is 11.2 Å². The van der Waals surface area contributed by atoms with Crippen molar-refractivity contribution in [1.29, 1.82) is 0 Å². The molecule has 0 aliphatic heterocycles. The van der Waals surface area contributed by atoms with Gasteiger partial charge < -0.3 is 5.32 Å². The largest absolute Gasteiger partial charge is 0.302 e. The number of anilines is 1. The number of nitrogens with one attached hydrogen (secondary N) is 1. The number of hydrogen-bond donors (Lipinski definition) is 1. The molecule has 1 N–H and O–H groups in total. The van der Waals surface area contributed by atoms with Crippen LogP contribution in [0.3, 0.4) is 0 Å². The Kier molecular flexibility index (Phi) is 3.97. The molecule has 0 aliphatic carbocycles. The topological polar surface area (TPSA) is 42.0 Å². The van der Waals surface area contributed by atoms with E-state index >= 15 is 0 Å². The molecule has 0 spiro atoms. The molecule has 3 rings (SSSR count). The highest BCUT2D eigenvalue weighted by Crippen LogP contribution is 2.25. The third kappa shape index (κ3) is 3.28. The quantitative estimate of drug-likeness (QED) is 0.787. The summed E-state index contributed by atoms with van der Waals surface area (Å²) in [6, 6.07) is 17.9. The smallest absolute Gasteiger partial charge is 0.229 e. The van der Waals surface area contributed by atoms with Gasteiger partial charge in [0.2, 0.25) is 5.91 Å². The van der Waals surface area contributed by atoms with Crippen LogP contribution in [0.4, 0.5) is 5.13 Å². The average molecular weight is 296 g/mol. The number of aromatic nitrogens is 1. The number of hydrogen-bond acceptors (Lipinski definition) is 3. The summed E-state index contributed by atoms with van der Waals surface area (Å²) >= 11 is 1.51. The number of carbonyl (C=O) groups is 1. The van der Waals surface area contributed by atoms with Crippen LogP contribution < -0.4 is 5.32 Å². The van der Waals surface area contributed by atoms with E-state index in [4.69, 9.17) is 0 Å². The molecule has 1 heterocycles. The highest BCUT2D eigenvalue weighted by atomic mass is 32.1. The van der Waals surface area contributed by atoms with Gasteiger partial charge in [0, 0.05) is 5.92 Å². The van der Waals surface area contributed by atoms with Gasteiger partial charge in [-0.15, -0.1) is 0 Å². The van der Waals surface area contributed by atoms with Gasteiger partial charge in [-0.2, -0.15) is 0 Å². The number of benzene rings is 2. The highest BCUT2D eigenvalue weighted by molar-refractivity contribution is 7.22. The second-order valence-corrected chi connectivity index (χ2v) is 6.10. The summed E-state index contributed by atoms with van der Waals surface area (Å²) in [5, 5.41) is 3.59. The van der Waals surface area contributed by atoms with E-state index in [0.717, 1.165) is 16.6 Å². The van der Waals surface area contributed by atoms with E-state index in [0.29, 0.717) is 5.13 Å². The van der Waals surface area contributed by atoms with Gasteiger partial charge in [-0.3, -0.25) is 4.79 Å². The van der Waals surface area contributed by atoms with Crippen LogP contribution in [0.2, 0.25) is 0 Å². The van der Waals surface area contributed by atoms with Gasteiger partial charge in [-0.05, 0) is 24.1 Å². The standard InChI is InChI=1S/C17H16N2OS/c1-12(11-13-7-3-2-4-8-13)16(20)19-17-18-14-9-5-6-10-15(14)21-17/h2-10,12H,11H2,1H3,(H,18,19,20)/t12-/m0/s1. The van der Waals surface area contributed by atoms with E-state index < -0.39 is 0 Å². The van der Waals surface area contributed by atoms with Crippen molar-refractivity contribution in [2.45, 2.75) is 13.3 Å². The average Bonchev–Trinajstić information content (AvgIpc) is 2.90. The molecule has 3 aromatic rings. The van der Waals surface area contributed by atoms with Crippen LogP contribution in [-0.4, -0.2) is 10.9 Å². The molecule has 1 aromatic heterocycles. The molecule has 0 saturated carbocycles. The maximum Gasteiger partial charge on any atom is 0.229 e. The van der Waals surface area contributed by atoms with E-state index in [9.17, 15) is 4.79 Å². The predicted molar refractivity (Wildman–Crippen MR) is 87.6 cm³/mol. The molecule has 1 amide bonds. The van der Waals surface area contributed by atoms with Crippen LogP contribution in [0.15, 0.2) is 54.6 Å². The van der Waals surface area contributed by atoms with Gasteiger partial charge >= 0.3 is 0 Å². The Hall–Kier alpha value is -2.20. The second kappa shape index (κ2) is 6.06. The van der Waals surface area contributed by atoms with Crippen LogP contribution in [0.5, 0.6) is 0 Å². The zero-order valence-corrected chi connectivity index (χ0v) is 12.6. The number of para-hydroxylation sites is 1. The molecule has 0 saturated heterocycles. The van der Waals surface area contributed by atoms with Gasteiger partial charge in [-0.25, -0.2) is 4.98 Å². The molecule has 0 unspecified atom stereocenters. The van der Waals surface area contributed by atoms with Gasteiger partial charge in [0.15, 0.2) is 5.13 Å². The minimum Gasteiger partial charge on any atom is -0.302 e. The molecule has 0 aliphatic rings. The molecule has 0 bridgehead atoms. The molecule has 3 nitrogen and oxygen atoms in total. The van der Waals surface area contributed by atoms with Crippen LogP contribution in [0, 0.1) is 5.92 Å². The van der Waals surface area contributed by atoms with Gasteiger partial charge in [0.1, 0.15) is 0 Å². The van der Waals surface area contributed by atoms with E-state index in [2.05, 4.69) is 10.3 Å². The van der Waals surface area contributed by atoms with Crippen molar-refractivity contribution in [3.8, 4) is 0 Å². The predicted octanol–water partition coefficient (Wildman–Crippen LogP) is 4.11. The van der Waals surface area contributed by atoms with Crippen LogP contribution >= 0.6 is 11.3 Å². The molecule has 0 radical (unpaired) electrons. The van der Waals surface area contributed by atoms with Gasteiger partial charge in [-0.1, -0.05) is 60.7 Å². The number of thiazole rings is 1. The number of fused-ring (bicyclic) bond motifs is 1. The van der Waals surface area contributed by atoms with Gasteiger partial charge in [0.05, 0.1) is 10.2 Å². The number of amides is 1. The zero-order valence-electron chi connectivity index (χ0n) is 11.7. The van der Waals surface area contributed by atoms with Crippen molar-refractivity contribution < 1.29 is 4.79 Å². The van der Waals surface area contributed by atoms with Crippen molar-refractivity contribution in [1.82, 2.24) is 4.98 Å². The number of rotatable bonds is 4.